The van der Waals surface area contributed by atoms with Crippen molar-refractivity contribution in [1.82, 2.24) is 25.4 Å². The largest absolute Gasteiger partial charge is 0.383 e. The lowest BCUT2D eigenvalue weighted by Crippen LogP contribution is -2.48. The van der Waals surface area contributed by atoms with E-state index in [0.29, 0.717) is 25.1 Å². The summed E-state index contributed by atoms with van der Waals surface area (Å²) < 4.78 is 7.20. The number of aryl methyl sites for hydroxylation is 1. The van der Waals surface area contributed by atoms with E-state index >= 15 is 0 Å². The molecule has 0 bridgehead atoms. The van der Waals surface area contributed by atoms with Crippen LogP contribution in [0.5, 0.6) is 0 Å². The lowest BCUT2D eigenvalue weighted by atomic mass is 9.86. The van der Waals surface area contributed by atoms with E-state index in [9.17, 15) is 0 Å². The Morgan fingerprint density at radius 3 is 2.92 bits per heavy atom. The highest BCUT2D eigenvalue weighted by molar-refractivity contribution is 14.0. The van der Waals surface area contributed by atoms with E-state index in [1.54, 1.807) is 13.4 Å². The smallest absolute Gasteiger partial charge is 0.191 e. The molecule has 0 amide bonds. The summed E-state index contributed by atoms with van der Waals surface area (Å²) in [6, 6.07) is 0.508. The van der Waals surface area contributed by atoms with Gasteiger partial charge in [-0.1, -0.05) is 26.7 Å². The maximum atomic E-state index is 5.11. The van der Waals surface area contributed by atoms with E-state index in [2.05, 4.69) is 44.2 Å². The molecule has 0 radical (unpaired) electrons. The molecule has 144 valence electrons. The molecule has 2 unspecified atom stereocenters. The van der Waals surface area contributed by atoms with Crippen molar-refractivity contribution in [3.63, 3.8) is 0 Å². The zero-order valence-electron chi connectivity index (χ0n) is 15.7. The number of aromatic nitrogens is 3. The quantitative estimate of drug-likeness (QED) is 0.267. The van der Waals surface area contributed by atoms with Crippen LogP contribution in [0.4, 0.5) is 0 Å². The predicted octanol–water partition coefficient (Wildman–Crippen LogP) is 2.22. The molecule has 1 heterocycles. The Morgan fingerprint density at radius 2 is 2.20 bits per heavy atom. The third-order valence-corrected chi connectivity index (χ3v) is 4.66. The molecule has 1 aliphatic carbocycles. The van der Waals surface area contributed by atoms with Gasteiger partial charge in [-0.05, 0) is 18.8 Å². The van der Waals surface area contributed by atoms with Crippen LogP contribution >= 0.6 is 24.0 Å². The number of nitrogens with zero attached hydrogens (tertiary/aromatic N) is 4. The minimum atomic E-state index is 0. The summed E-state index contributed by atoms with van der Waals surface area (Å²) >= 11 is 0. The fourth-order valence-electron chi connectivity index (χ4n) is 3.14. The van der Waals surface area contributed by atoms with Crippen LogP contribution in [0.15, 0.2) is 11.3 Å². The molecular formula is C17H33IN6O. The number of hydrogen-bond acceptors (Lipinski definition) is 4. The van der Waals surface area contributed by atoms with Gasteiger partial charge in [0.1, 0.15) is 12.2 Å². The Kier molecular flexibility index (Phi) is 11.0. The lowest BCUT2D eigenvalue weighted by molar-refractivity contribution is 0.207. The standard InChI is InChI=1S/C17H32N6O.HI/c1-4-16-22-20-13-23(16)11-9-18-17(19-10-12-24-3)21-15-8-6-5-7-14(15)2;/h13-15H,4-12H2,1-3H3,(H2,18,19,21);1H. The van der Waals surface area contributed by atoms with Gasteiger partial charge in [-0.15, -0.1) is 34.2 Å². The van der Waals surface area contributed by atoms with Crippen LogP contribution in [0.25, 0.3) is 0 Å². The lowest BCUT2D eigenvalue weighted by Gasteiger charge is -2.31. The van der Waals surface area contributed by atoms with E-state index in [1.165, 1.54) is 25.7 Å². The van der Waals surface area contributed by atoms with Crippen LogP contribution in [0.2, 0.25) is 0 Å². The van der Waals surface area contributed by atoms with Crippen molar-refractivity contribution >= 4 is 29.9 Å². The highest BCUT2D eigenvalue weighted by Crippen LogP contribution is 2.23. The first-order chi connectivity index (χ1) is 11.7. The van der Waals surface area contributed by atoms with Crippen LogP contribution in [0.1, 0.15) is 45.4 Å². The molecule has 1 saturated carbocycles. The Labute approximate surface area is 168 Å². The summed E-state index contributed by atoms with van der Waals surface area (Å²) in [6.07, 6.45) is 7.84. The molecule has 1 aromatic rings. The molecule has 1 fully saturated rings. The summed E-state index contributed by atoms with van der Waals surface area (Å²) in [5, 5.41) is 15.2. The van der Waals surface area contributed by atoms with E-state index in [4.69, 9.17) is 4.74 Å². The Hall–Kier alpha value is -0.900. The molecule has 0 saturated heterocycles. The van der Waals surface area contributed by atoms with Crippen LogP contribution in [-0.2, 0) is 17.7 Å². The number of halogens is 1. The first-order valence-corrected chi connectivity index (χ1v) is 9.15. The van der Waals surface area contributed by atoms with Crippen LogP contribution in [0, 0.1) is 5.92 Å². The molecule has 0 spiro atoms. The Morgan fingerprint density at radius 1 is 1.40 bits per heavy atom. The van der Waals surface area contributed by atoms with Crippen molar-refractivity contribution in [2.75, 3.05) is 26.8 Å². The van der Waals surface area contributed by atoms with Crippen molar-refractivity contribution < 1.29 is 4.74 Å². The normalized spacial score (nSPS) is 20.8. The molecule has 1 aromatic heterocycles. The summed E-state index contributed by atoms with van der Waals surface area (Å²) in [5.41, 5.74) is 0. The second-order valence-corrected chi connectivity index (χ2v) is 6.46. The fraction of sp³-hybridized carbons (Fsp3) is 0.824. The molecule has 2 N–H and O–H groups in total. The summed E-state index contributed by atoms with van der Waals surface area (Å²) in [7, 11) is 1.71. The van der Waals surface area contributed by atoms with Gasteiger partial charge in [0.2, 0.25) is 0 Å². The molecule has 8 heteroatoms. The highest BCUT2D eigenvalue weighted by atomic mass is 127. The number of ether oxygens (including phenoxy) is 1. The first kappa shape index (κ1) is 22.1. The maximum absolute atomic E-state index is 5.11. The van der Waals surface area contributed by atoms with Crippen molar-refractivity contribution in [1.29, 1.82) is 0 Å². The summed E-state index contributed by atoms with van der Waals surface area (Å²) in [5.74, 6) is 2.60. The number of hydrogen-bond donors (Lipinski definition) is 2. The summed E-state index contributed by atoms with van der Waals surface area (Å²) in [4.78, 5) is 4.63. The van der Waals surface area contributed by atoms with Crippen LogP contribution < -0.4 is 10.6 Å². The van der Waals surface area contributed by atoms with Crippen molar-refractivity contribution in [3.8, 4) is 0 Å². The zero-order valence-corrected chi connectivity index (χ0v) is 18.0. The molecule has 1 aliphatic rings. The molecule has 2 atom stereocenters. The fourth-order valence-corrected chi connectivity index (χ4v) is 3.14. The van der Waals surface area contributed by atoms with Gasteiger partial charge in [-0.2, -0.15) is 0 Å². The second kappa shape index (κ2) is 12.5. The van der Waals surface area contributed by atoms with Gasteiger partial charge in [-0.25, -0.2) is 0 Å². The second-order valence-electron chi connectivity index (χ2n) is 6.46. The summed E-state index contributed by atoms with van der Waals surface area (Å²) in [6.45, 7) is 7.36. The third kappa shape index (κ3) is 7.47. The number of nitrogens with one attached hydrogen (secondary N) is 2. The van der Waals surface area contributed by atoms with Gasteiger partial charge >= 0.3 is 0 Å². The van der Waals surface area contributed by atoms with Crippen molar-refractivity contribution in [2.45, 2.75) is 58.5 Å². The SMILES string of the molecule is CCc1nncn1CCNC(=NCCOC)NC1CCCCC1C.I. The highest BCUT2D eigenvalue weighted by Gasteiger charge is 2.21. The minimum Gasteiger partial charge on any atom is -0.383 e. The van der Waals surface area contributed by atoms with Gasteiger partial charge in [0.15, 0.2) is 5.96 Å². The molecule has 2 rings (SSSR count). The average molecular weight is 464 g/mol. The zero-order chi connectivity index (χ0) is 17.2. The Balaban J connectivity index is 0.00000312. The first-order valence-electron chi connectivity index (χ1n) is 9.15. The Bertz CT molecular complexity index is 507. The number of methoxy groups -OCH3 is 1. The van der Waals surface area contributed by atoms with E-state index < -0.39 is 0 Å². The maximum Gasteiger partial charge on any atom is 0.191 e. The van der Waals surface area contributed by atoms with E-state index in [0.717, 1.165) is 31.3 Å². The van der Waals surface area contributed by atoms with Crippen LogP contribution in [-0.4, -0.2) is 53.6 Å². The van der Waals surface area contributed by atoms with E-state index in [-0.39, 0.29) is 24.0 Å². The van der Waals surface area contributed by atoms with Crippen molar-refractivity contribution in [3.05, 3.63) is 12.2 Å². The monoisotopic (exact) mass is 464 g/mol. The third-order valence-electron chi connectivity index (χ3n) is 4.66. The van der Waals surface area contributed by atoms with Gasteiger partial charge in [-0.3, -0.25) is 4.99 Å². The topological polar surface area (TPSA) is 76.4 Å². The molecule has 7 nitrogen and oxygen atoms in total. The molecule has 0 aromatic carbocycles. The van der Waals surface area contributed by atoms with Crippen molar-refractivity contribution in [2.24, 2.45) is 10.9 Å². The number of rotatable bonds is 8. The van der Waals surface area contributed by atoms with Gasteiger partial charge in [0, 0.05) is 32.7 Å². The molecular weight excluding hydrogens is 431 g/mol. The van der Waals surface area contributed by atoms with E-state index in [1.807, 2.05) is 0 Å². The van der Waals surface area contributed by atoms with Crippen LogP contribution in [0.3, 0.4) is 0 Å². The van der Waals surface area contributed by atoms with Gasteiger partial charge in [0.25, 0.3) is 0 Å². The molecule has 0 aliphatic heterocycles. The average Bonchev–Trinajstić information content (AvgIpc) is 3.04. The number of aliphatic imine (C=N–C) groups is 1. The number of guanidine groups is 1. The van der Waals surface area contributed by atoms with Gasteiger partial charge in [0.05, 0.1) is 13.2 Å². The van der Waals surface area contributed by atoms with Gasteiger partial charge < -0.3 is 19.9 Å². The minimum absolute atomic E-state index is 0. The molecule has 25 heavy (non-hydrogen) atoms. The predicted molar refractivity (Wildman–Crippen MR) is 112 cm³/mol.